The van der Waals surface area contributed by atoms with Gasteiger partial charge in [0.05, 0.1) is 17.5 Å². The van der Waals surface area contributed by atoms with E-state index in [4.69, 9.17) is 4.74 Å². The van der Waals surface area contributed by atoms with E-state index in [1.54, 1.807) is 30.3 Å². The number of fused-ring (bicyclic) bond motifs is 1. The number of esters is 1. The molecule has 2 aromatic rings. The van der Waals surface area contributed by atoms with E-state index in [9.17, 15) is 14.4 Å². The van der Waals surface area contributed by atoms with Crippen LogP contribution in [-0.2, 0) is 10.2 Å². The molecule has 5 nitrogen and oxygen atoms in total. The zero-order valence-electron chi connectivity index (χ0n) is 15.1. The van der Waals surface area contributed by atoms with E-state index in [1.807, 2.05) is 39.0 Å². The van der Waals surface area contributed by atoms with E-state index in [1.165, 1.54) is 0 Å². The van der Waals surface area contributed by atoms with Gasteiger partial charge in [0.25, 0.3) is 11.8 Å². The standard InChI is InChI=1S/C21H21NO4/c1-21(2,3)16-10-6-7-11-17(16)26-18(23)12-13-22-19(24)14-8-4-5-9-15(14)20(22)25/h4-11H,12-13H2,1-3H3. The molecular formula is C21H21NO4. The fourth-order valence-electron chi connectivity index (χ4n) is 2.99. The van der Waals surface area contributed by atoms with E-state index in [0.717, 1.165) is 10.5 Å². The van der Waals surface area contributed by atoms with Crippen LogP contribution in [0.1, 0.15) is 53.5 Å². The van der Waals surface area contributed by atoms with Gasteiger partial charge in [-0.3, -0.25) is 19.3 Å². The highest BCUT2D eigenvalue weighted by Crippen LogP contribution is 2.31. The van der Waals surface area contributed by atoms with Crippen molar-refractivity contribution in [2.45, 2.75) is 32.6 Å². The second-order valence-electron chi connectivity index (χ2n) is 7.28. The summed E-state index contributed by atoms with van der Waals surface area (Å²) in [6.45, 7) is 6.12. The average molecular weight is 351 g/mol. The Bertz CT molecular complexity index is 845. The van der Waals surface area contributed by atoms with Gasteiger partial charge in [-0.2, -0.15) is 0 Å². The Hall–Kier alpha value is -2.95. The third-order valence-electron chi connectivity index (χ3n) is 4.34. The summed E-state index contributed by atoms with van der Waals surface area (Å²) in [5.41, 5.74) is 1.52. The van der Waals surface area contributed by atoms with Crippen LogP contribution in [-0.4, -0.2) is 29.2 Å². The molecule has 0 fully saturated rings. The first kappa shape index (κ1) is 17.9. The van der Waals surface area contributed by atoms with Gasteiger partial charge in [0.1, 0.15) is 5.75 Å². The number of imide groups is 1. The monoisotopic (exact) mass is 351 g/mol. The number of benzene rings is 2. The van der Waals surface area contributed by atoms with Gasteiger partial charge in [0.15, 0.2) is 0 Å². The number of hydrogen-bond donors (Lipinski definition) is 0. The third kappa shape index (κ3) is 3.38. The first-order chi connectivity index (χ1) is 12.3. The summed E-state index contributed by atoms with van der Waals surface area (Å²) in [4.78, 5) is 38.0. The highest BCUT2D eigenvalue weighted by atomic mass is 16.5. The number of hydrogen-bond acceptors (Lipinski definition) is 4. The minimum Gasteiger partial charge on any atom is -0.426 e. The lowest BCUT2D eigenvalue weighted by atomic mass is 9.86. The highest BCUT2D eigenvalue weighted by molar-refractivity contribution is 6.21. The van der Waals surface area contributed by atoms with Crippen molar-refractivity contribution in [2.24, 2.45) is 0 Å². The van der Waals surface area contributed by atoms with Crippen molar-refractivity contribution in [1.29, 1.82) is 0 Å². The molecule has 1 aliphatic rings. The summed E-state index contributed by atoms with van der Waals surface area (Å²) in [6, 6.07) is 14.0. The maximum Gasteiger partial charge on any atom is 0.313 e. The number of rotatable bonds is 4. The second kappa shape index (κ2) is 6.75. The maximum absolute atomic E-state index is 12.3. The van der Waals surface area contributed by atoms with Gasteiger partial charge < -0.3 is 4.74 Å². The minimum atomic E-state index is -0.474. The molecule has 0 bridgehead atoms. The number of carbonyl (C=O) groups is 3. The predicted octanol–water partition coefficient (Wildman–Crippen LogP) is 3.58. The average Bonchev–Trinajstić information content (AvgIpc) is 2.84. The third-order valence-corrected chi connectivity index (χ3v) is 4.34. The van der Waals surface area contributed by atoms with Crippen LogP contribution in [0.25, 0.3) is 0 Å². The molecule has 0 spiro atoms. The molecule has 3 rings (SSSR count). The van der Waals surface area contributed by atoms with E-state index < -0.39 is 5.97 Å². The summed E-state index contributed by atoms with van der Waals surface area (Å²) in [7, 11) is 0. The predicted molar refractivity (Wildman–Crippen MR) is 97.2 cm³/mol. The molecule has 134 valence electrons. The normalized spacial score (nSPS) is 13.7. The van der Waals surface area contributed by atoms with E-state index >= 15 is 0 Å². The molecule has 26 heavy (non-hydrogen) atoms. The van der Waals surface area contributed by atoms with Crippen LogP contribution < -0.4 is 4.74 Å². The Morgan fingerprint density at radius 3 is 2.04 bits per heavy atom. The molecule has 0 unspecified atom stereocenters. The Morgan fingerprint density at radius 2 is 1.46 bits per heavy atom. The number of ether oxygens (including phenoxy) is 1. The van der Waals surface area contributed by atoms with Gasteiger partial charge in [-0.1, -0.05) is 51.1 Å². The molecule has 1 aliphatic heterocycles. The Balaban J connectivity index is 1.66. The van der Waals surface area contributed by atoms with Crippen molar-refractivity contribution in [1.82, 2.24) is 4.90 Å². The number of para-hydroxylation sites is 1. The lowest BCUT2D eigenvalue weighted by molar-refractivity contribution is -0.134. The zero-order chi connectivity index (χ0) is 18.9. The first-order valence-corrected chi connectivity index (χ1v) is 8.54. The van der Waals surface area contributed by atoms with Crippen LogP contribution >= 0.6 is 0 Å². The van der Waals surface area contributed by atoms with Crippen molar-refractivity contribution in [2.75, 3.05) is 6.54 Å². The van der Waals surface area contributed by atoms with Crippen molar-refractivity contribution >= 4 is 17.8 Å². The second-order valence-corrected chi connectivity index (χ2v) is 7.28. The van der Waals surface area contributed by atoms with Gasteiger partial charge >= 0.3 is 5.97 Å². The van der Waals surface area contributed by atoms with Crippen LogP contribution in [0.5, 0.6) is 5.75 Å². The fraction of sp³-hybridized carbons (Fsp3) is 0.286. The van der Waals surface area contributed by atoms with Gasteiger partial charge in [-0.05, 0) is 23.6 Å². The fourth-order valence-corrected chi connectivity index (χ4v) is 2.99. The van der Waals surface area contributed by atoms with Crippen molar-refractivity contribution in [3.8, 4) is 5.75 Å². The highest BCUT2D eigenvalue weighted by Gasteiger charge is 2.35. The molecule has 0 atom stereocenters. The van der Waals surface area contributed by atoms with Gasteiger partial charge in [0, 0.05) is 12.1 Å². The molecule has 1 heterocycles. The van der Waals surface area contributed by atoms with Crippen molar-refractivity contribution < 1.29 is 19.1 Å². The van der Waals surface area contributed by atoms with Crippen molar-refractivity contribution in [3.05, 3.63) is 65.2 Å². The lowest BCUT2D eigenvalue weighted by Gasteiger charge is -2.22. The molecule has 2 amide bonds. The zero-order valence-corrected chi connectivity index (χ0v) is 15.1. The summed E-state index contributed by atoms with van der Waals surface area (Å²) >= 11 is 0. The molecular weight excluding hydrogens is 330 g/mol. The summed E-state index contributed by atoms with van der Waals surface area (Å²) in [5, 5.41) is 0. The maximum atomic E-state index is 12.3. The molecule has 2 aromatic carbocycles. The number of carbonyl (C=O) groups excluding carboxylic acids is 3. The first-order valence-electron chi connectivity index (χ1n) is 8.54. The van der Waals surface area contributed by atoms with Gasteiger partial charge in [-0.15, -0.1) is 0 Å². The quantitative estimate of drug-likeness (QED) is 0.480. The van der Waals surface area contributed by atoms with Crippen molar-refractivity contribution in [3.63, 3.8) is 0 Å². The summed E-state index contributed by atoms with van der Waals surface area (Å²) in [5.74, 6) is -0.701. The molecule has 0 saturated carbocycles. The van der Waals surface area contributed by atoms with E-state index in [-0.39, 0.29) is 30.2 Å². The Kier molecular flexibility index (Phi) is 4.64. The lowest BCUT2D eigenvalue weighted by Crippen LogP contribution is -2.32. The SMILES string of the molecule is CC(C)(C)c1ccccc1OC(=O)CCN1C(=O)c2ccccc2C1=O. The van der Waals surface area contributed by atoms with Crippen LogP contribution in [0.15, 0.2) is 48.5 Å². The largest absolute Gasteiger partial charge is 0.426 e. The molecule has 0 N–H and O–H groups in total. The molecule has 0 aliphatic carbocycles. The van der Waals surface area contributed by atoms with Crippen LogP contribution in [0.2, 0.25) is 0 Å². The molecule has 0 saturated heterocycles. The van der Waals surface area contributed by atoms with Crippen LogP contribution in [0, 0.1) is 0 Å². The van der Waals surface area contributed by atoms with Gasteiger partial charge in [-0.25, -0.2) is 0 Å². The Labute approximate surface area is 152 Å². The molecule has 0 aromatic heterocycles. The molecule has 0 radical (unpaired) electrons. The van der Waals surface area contributed by atoms with Crippen LogP contribution in [0.4, 0.5) is 0 Å². The summed E-state index contributed by atoms with van der Waals surface area (Å²) in [6.07, 6.45) is -0.0516. The van der Waals surface area contributed by atoms with E-state index in [0.29, 0.717) is 16.9 Å². The summed E-state index contributed by atoms with van der Waals surface area (Å²) < 4.78 is 5.49. The topological polar surface area (TPSA) is 63.7 Å². The number of amides is 2. The smallest absolute Gasteiger partial charge is 0.313 e. The van der Waals surface area contributed by atoms with E-state index in [2.05, 4.69) is 0 Å². The number of nitrogens with zero attached hydrogens (tertiary/aromatic N) is 1. The Morgan fingerprint density at radius 1 is 0.923 bits per heavy atom. The minimum absolute atomic E-state index is 0.00284. The molecule has 5 heteroatoms. The van der Waals surface area contributed by atoms with Gasteiger partial charge in [0.2, 0.25) is 0 Å². The van der Waals surface area contributed by atoms with Crippen LogP contribution in [0.3, 0.4) is 0 Å².